The number of rotatable bonds is 4. The van der Waals surface area contributed by atoms with Crippen molar-refractivity contribution in [3.05, 3.63) is 34.9 Å². The highest BCUT2D eigenvalue weighted by atomic mass is 35.5. The van der Waals surface area contributed by atoms with Crippen molar-refractivity contribution in [2.45, 2.75) is 43.7 Å². The molecule has 2 aliphatic heterocycles. The molecule has 0 aliphatic carbocycles. The molecule has 1 amide bonds. The highest BCUT2D eigenvalue weighted by Crippen LogP contribution is 2.42. The van der Waals surface area contributed by atoms with Gasteiger partial charge < -0.3 is 15.2 Å². The number of hydrogen-bond acceptors (Lipinski definition) is 4. The van der Waals surface area contributed by atoms with E-state index in [1.807, 2.05) is 26.0 Å². The number of carboxylic acid groups (broad SMARTS) is 1. The Morgan fingerprint density at radius 3 is 2.56 bits per heavy atom. The summed E-state index contributed by atoms with van der Waals surface area (Å²) in [5.74, 6) is -0.520. The van der Waals surface area contributed by atoms with Crippen molar-refractivity contribution in [1.29, 1.82) is 0 Å². The SMILES string of the molecule is CN(C(=O)O)[C@]1(C(=O)C2CCOC(C)(C)C2)CNC[C@H]1c1ccc(Cl)cc1. The van der Waals surface area contributed by atoms with Crippen LogP contribution in [0.15, 0.2) is 24.3 Å². The molecule has 6 nitrogen and oxygen atoms in total. The van der Waals surface area contributed by atoms with Crippen LogP contribution in [0.25, 0.3) is 0 Å². The predicted molar refractivity (Wildman–Crippen MR) is 103 cm³/mol. The van der Waals surface area contributed by atoms with E-state index in [-0.39, 0.29) is 23.2 Å². The lowest BCUT2D eigenvalue weighted by atomic mass is 9.71. The largest absolute Gasteiger partial charge is 0.465 e. The van der Waals surface area contributed by atoms with Crippen molar-refractivity contribution in [3.8, 4) is 0 Å². The van der Waals surface area contributed by atoms with Gasteiger partial charge >= 0.3 is 6.09 Å². The van der Waals surface area contributed by atoms with Gasteiger partial charge in [0, 0.05) is 43.6 Å². The summed E-state index contributed by atoms with van der Waals surface area (Å²) < 4.78 is 5.76. The molecule has 1 aromatic carbocycles. The van der Waals surface area contributed by atoms with Crippen molar-refractivity contribution in [3.63, 3.8) is 0 Å². The number of halogens is 1. The summed E-state index contributed by atoms with van der Waals surface area (Å²) in [5, 5.41) is 13.6. The van der Waals surface area contributed by atoms with Crippen molar-refractivity contribution in [1.82, 2.24) is 10.2 Å². The van der Waals surface area contributed by atoms with Crippen LogP contribution in [0.4, 0.5) is 4.79 Å². The van der Waals surface area contributed by atoms with E-state index < -0.39 is 11.6 Å². The third-order valence-electron chi connectivity index (χ3n) is 5.97. The molecule has 3 rings (SSSR count). The normalized spacial score (nSPS) is 30.1. The predicted octanol–water partition coefficient (Wildman–Crippen LogP) is 3.15. The molecule has 2 N–H and O–H groups in total. The van der Waals surface area contributed by atoms with Crippen LogP contribution in [-0.2, 0) is 9.53 Å². The van der Waals surface area contributed by atoms with Crippen LogP contribution < -0.4 is 5.32 Å². The molecule has 2 saturated heterocycles. The summed E-state index contributed by atoms with van der Waals surface area (Å²) >= 11 is 6.02. The van der Waals surface area contributed by atoms with E-state index in [0.717, 1.165) is 5.56 Å². The fraction of sp³-hybridized carbons (Fsp3) is 0.600. The van der Waals surface area contributed by atoms with Crippen LogP contribution in [0.5, 0.6) is 0 Å². The molecule has 1 unspecified atom stereocenters. The summed E-state index contributed by atoms with van der Waals surface area (Å²) in [5.41, 5.74) is -0.613. The Morgan fingerprint density at radius 1 is 1.30 bits per heavy atom. The van der Waals surface area contributed by atoms with E-state index in [0.29, 0.717) is 37.6 Å². The number of likely N-dealkylation sites (N-methyl/N-ethyl adjacent to an activating group) is 1. The van der Waals surface area contributed by atoms with Crippen molar-refractivity contribution >= 4 is 23.5 Å². The minimum Gasteiger partial charge on any atom is -0.465 e. The van der Waals surface area contributed by atoms with E-state index in [1.54, 1.807) is 12.1 Å². The van der Waals surface area contributed by atoms with Gasteiger partial charge in [-0.25, -0.2) is 4.79 Å². The first kappa shape index (κ1) is 20.1. The van der Waals surface area contributed by atoms with Gasteiger partial charge in [0.1, 0.15) is 5.54 Å². The molecular weight excluding hydrogens is 368 g/mol. The summed E-state index contributed by atoms with van der Waals surface area (Å²) in [7, 11) is 1.50. The first-order chi connectivity index (χ1) is 12.7. The van der Waals surface area contributed by atoms with Crippen molar-refractivity contribution < 1.29 is 19.4 Å². The van der Waals surface area contributed by atoms with E-state index >= 15 is 0 Å². The molecule has 27 heavy (non-hydrogen) atoms. The fourth-order valence-electron chi connectivity index (χ4n) is 4.54. The number of Topliss-reactive ketones (excluding diaryl/α,β-unsaturated/α-hetero) is 1. The topological polar surface area (TPSA) is 78.9 Å². The second kappa shape index (κ2) is 7.41. The fourth-order valence-corrected chi connectivity index (χ4v) is 4.67. The van der Waals surface area contributed by atoms with Gasteiger partial charge in [-0.05, 0) is 44.4 Å². The first-order valence-corrected chi connectivity index (χ1v) is 9.66. The van der Waals surface area contributed by atoms with E-state index in [2.05, 4.69) is 5.32 Å². The minimum absolute atomic E-state index is 0.0197. The molecule has 2 fully saturated rings. The number of amides is 1. The van der Waals surface area contributed by atoms with Gasteiger partial charge in [-0.2, -0.15) is 0 Å². The van der Waals surface area contributed by atoms with Crippen molar-refractivity contribution in [2.75, 3.05) is 26.7 Å². The second-order valence-corrected chi connectivity index (χ2v) is 8.60. The maximum Gasteiger partial charge on any atom is 0.407 e. The van der Waals surface area contributed by atoms with Gasteiger partial charge in [-0.3, -0.25) is 9.69 Å². The monoisotopic (exact) mass is 394 g/mol. The third-order valence-corrected chi connectivity index (χ3v) is 6.22. The molecule has 148 valence electrons. The minimum atomic E-state index is -1.14. The Hall–Kier alpha value is -1.63. The maximum atomic E-state index is 13.8. The lowest BCUT2D eigenvalue weighted by Crippen LogP contribution is -2.62. The zero-order chi connectivity index (χ0) is 19.8. The van der Waals surface area contributed by atoms with E-state index in [9.17, 15) is 14.7 Å². The summed E-state index contributed by atoms with van der Waals surface area (Å²) in [6.45, 7) is 5.31. The molecule has 0 saturated carbocycles. The van der Waals surface area contributed by atoms with Gasteiger partial charge in [0.25, 0.3) is 0 Å². The van der Waals surface area contributed by atoms with E-state index in [4.69, 9.17) is 16.3 Å². The second-order valence-electron chi connectivity index (χ2n) is 8.16. The number of ketones is 1. The van der Waals surface area contributed by atoms with Gasteiger partial charge in [0.2, 0.25) is 0 Å². The molecule has 2 aliphatic rings. The highest BCUT2D eigenvalue weighted by molar-refractivity contribution is 6.30. The number of nitrogens with zero attached hydrogens (tertiary/aromatic N) is 1. The number of carbonyl (C=O) groups excluding carboxylic acids is 1. The third kappa shape index (κ3) is 3.71. The molecule has 2 heterocycles. The smallest absolute Gasteiger partial charge is 0.407 e. The number of nitrogens with one attached hydrogen (secondary N) is 1. The molecule has 3 atom stereocenters. The standard InChI is InChI=1S/C20H27ClN2O4/c1-19(2)10-14(8-9-27-19)17(24)20(23(3)18(25)26)12-22-11-16(20)13-4-6-15(21)7-5-13/h4-7,14,16,22H,8-12H2,1-3H3,(H,25,26)/t14?,16-,20+/m0/s1. The van der Waals surface area contributed by atoms with Crippen LogP contribution in [0.1, 0.15) is 38.2 Å². The number of ether oxygens (including phenoxy) is 1. The van der Waals surface area contributed by atoms with Gasteiger partial charge in [-0.15, -0.1) is 0 Å². The molecule has 1 aromatic rings. The molecular formula is C20H27ClN2O4. The Balaban J connectivity index is 2.02. The lowest BCUT2D eigenvalue weighted by molar-refractivity contribution is -0.143. The average molecular weight is 395 g/mol. The van der Waals surface area contributed by atoms with E-state index in [1.165, 1.54) is 11.9 Å². The summed E-state index contributed by atoms with van der Waals surface area (Å²) in [6.07, 6.45) is 0.108. The van der Waals surface area contributed by atoms with Crippen LogP contribution in [-0.4, -0.2) is 59.8 Å². The van der Waals surface area contributed by atoms with Crippen LogP contribution in [0.3, 0.4) is 0 Å². The Morgan fingerprint density at radius 2 is 1.96 bits per heavy atom. The lowest BCUT2D eigenvalue weighted by Gasteiger charge is -2.44. The quantitative estimate of drug-likeness (QED) is 0.820. The molecule has 7 heteroatoms. The summed E-state index contributed by atoms with van der Waals surface area (Å²) in [6, 6.07) is 7.32. The van der Waals surface area contributed by atoms with Crippen LogP contribution in [0.2, 0.25) is 5.02 Å². The van der Waals surface area contributed by atoms with Gasteiger partial charge in [0.05, 0.1) is 5.60 Å². The van der Waals surface area contributed by atoms with Gasteiger partial charge in [-0.1, -0.05) is 23.7 Å². The maximum absolute atomic E-state index is 13.8. The number of hydrogen-bond donors (Lipinski definition) is 2. The Kier molecular flexibility index (Phi) is 5.52. The molecule has 0 radical (unpaired) electrons. The first-order valence-electron chi connectivity index (χ1n) is 9.28. The average Bonchev–Trinajstić information content (AvgIpc) is 3.06. The van der Waals surface area contributed by atoms with Crippen LogP contribution in [0, 0.1) is 5.92 Å². The highest BCUT2D eigenvalue weighted by Gasteiger charge is 2.56. The zero-order valence-corrected chi connectivity index (χ0v) is 16.8. The summed E-state index contributed by atoms with van der Waals surface area (Å²) in [4.78, 5) is 26.9. The van der Waals surface area contributed by atoms with Crippen molar-refractivity contribution in [2.24, 2.45) is 5.92 Å². The Labute approximate surface area is 164 Å². The van der Waals surface area contributed by atoms with Crippen LogP contribution >= 0.6 is 11.6 Å². The molecule has 0 spiro atoms. The molecule has 0 bridgehead atoms. The zero-order valence-electron chi connectivity index (χ0n) is 16.0. The number of benzene rings is 1. The number of carbonyl (C=O) groups is 2. The molecule has 0 aromatic heterocycles. The Bertz CT molecular complexity index is 721. The van der Waals surface area contributed by atoms with Gasteiger partial charge in [0.15, 0.2) is 5.78 Å².